The van der Waals surface area contributed by atoms with E-state index in [9.17, 15) is 13.2 Å². The summed E-state index contributed by atoms with van der Waals surface area (Å²) in [6, 6.07) is 6.17. The van der Waals surface area contributed by atoms with E-state index in [0.29, 0.717) is 12.6 Å². The lowest BCUT2D eigenvalue weighted by Crippen LogP contribution is -2.31. The zero-order valence-electron chi connectivity index (χ0n) is 11.7. The highest BCUT2D eigenvalue weighted by molar-refractivity contribution is 5.39. The Hall–Kier alpha value is -1.43. The number of hydrogen-bond acceptors (Lipinski definition) is 3. The molecule has 0 aliphatic carbocycles. The van der Waals surface area contributed by atoms with Crippen LogP contribution in [-0.2, 0) is 0 Å². The van der Waals surface area contributed by atoms with E-state index in [1.807, 2.05) is 0 Å². The predicted molar refractivity (Wildman–Crippen MR) is 71.0 cm³/mol. The Balaban J connectivity index is 2.47. The topological polar surface area (TPSA) is 30.5 Å². The first-order chi connectivity index (χ1) is 9.46. The highest BCUT2D eigenvalue weighted by Gasteiger charge is 2.32. The second-order valence-electron chi connectivity index (χ2n) is 4.31. The summed E-state index contributed by atoms with van der Waals surface area (Å²) in [4.78, 5) is 0. The minimum atomic E-state index is -4.72. The van der Waals surface area contributed by atoms with Crippen LogP contribution in [0.25, 0.3) is 0 Å². The van der Waals surface area contributed by atoms with Crippen LogP contribution in [0.3, 0.4) is 0 Å². The summed E-state index contributed by atoms with van der Waals surface area (Å²) in [6.07, 6.45) is -2.71. The highest BCUT2D eigenvalue weighted by atomic mass is 19.4. The van der Waals surface area contributed by atoms with Crippen molar-refractivity contribution in [3.63, 3.8) is 0 Å². The Morgan fingerprint density at radius 1 is 1.10 bits per heavy atom. The van der Waals surface area contributed by atoms with Crippen molar-refractivity contribution in [2.24, 2.45) is 0 Å². The maximum absolute atomic E-state index is 12.2. The van der Waals surface area contributed by atoms with Gasteiger partial charge in [-0.05, 0) is 25.0 Å². The first-order valence-electron chi connectivity index (χ1n) is 6.67. The molecule has 0 bridgehead atoms. The van der Waals surface area contributed by atoms with Gasteiger partial charge in [0.05, 0.1) is 0 Å². The van der Waals surface area contributed by atoms with Crippen LogP contribution in [0, 0.1) is 0 Å². The van der Waals surface area contributed by atoms with E-state index in [-0.39, 0.29) is 18.1 Å². The van der Waals surface area contributed by atoms with Crippen LogP contribution in [-0.4, -0.2) is 25.6 Å². The number of hydrogen-bond donors (Lipinski definition) is 1. The minimum Gasteiger partial charge on any atom is -0.488 e. The van der Waals surface area contributed by atoms with Crippen LogP contribution in [0.15, 0.2) is 24.3 Å². The molecule has 1 rings (SSSR count). The van der Waals surface area contributed by atoms with Gasteiger partial charge < -0.3 is 14.8 Å². The number of rotatable bonds is 8. The zero-order chi connectivity index (χ0) is 15.0. The van der Waals surface area contributed by atoms with Crippen molar-refractivity contribution in [1.29, 1.82) is 0 Å². The van der Waals surface area contributed by atoms with Gasteiger partial charge in [-0.2, -0.15) is 0 Å². The van der Waals surface area contributed by atoms with Crippen LogP contribution in [0.5, 0.6) is 11.5 Å². The first-order valence-corrected chi connectivity index (χ1v) is 6.67. The summed E-state index contributed by atoms with van der Waals surface area (Å²) in [7, 11) is 0. The minimum absolute atomic E-state index is 0.0937. The summed E-state index contributed by atoms with van der Waals surface area (Å²) >= 11 is 0. The van der Waals surface area contributed by atoms with Crippen molar-refractivity contribution >= 4 is 0 Å². The average Bonchev–Trinajstić information content (AvgIpc) is 2.39. The normalized spacial score (nSPS) is 11.7. The Labute approximate surface area is 117 Å². The fourth-order valence-corrected chi connectivity index (χ4v) is 1.78. The van der Waals surface area contributed by atoms with Crippen LogP contribution in [0.2, 0.25) is 0 Å². The Morgan fingerprint density at radius 2 is 1.70 bits per heavy atom. The SMILES string of the molecule is CCC(CC)NCCOc1ccccc1OC(F)(F)F. The third kappa shape index (κ3) is 6.14. The van der Waals surface area contributed by atoms with Crippen molar-refractivity contribution in [1.82, 2.24) is 5.32 Å². The molecule has 6 heteroatoms. The molecule has 0 fully saturated rings. The molecule has 0 unspecified atom stereocenters. The van der Waals surface area contributed by atoms with Gasteiger partial charge in [-0.1, -0.05) is 26.0 Å². The molecule has 0 aliphatic heterocycles. The molecule has 20 heavy (non-hydrogen) atoms. The third-order valence-electron chi connectivity index (χ3n) is 2.85. The maximum Gasteiger partial charge on any atom is 0.573 e. The summed E-state index contributed by atoms with van der Waals surface area (Å²) in [6.45, 7) is 5.02. The fraction of sp³-hybridized carbons (Fsp3) is 0.571. The number of nitrogens with one attached hydrogen (secondary N) is 1. The lowest BCUT2D eigenvalue weighted by atomic mass is 10.2. The van der Waals surface area contributed by atoms with Gasteiger partial charge in [0.1, 0.15) is 6.61 Å². The van der Waals surface area contributed by atoms with E-state index >= 15 is 0 Å². The monoisotopic (exact) mass is 291 g/mol. The van der Waals surface area contributed by atoms with Crippen LogP contribution in [0.4, 0.5) is 13.2 Å². The maximum atomic E-state index is 12.2. The number of benzene rings is 1. The van der Waals surface area contributed by atoms with Gasteiger partial charge in [0, 0.05) is 12.6 Å². The van der Waals surface area contributed by atoms with E-state index in [1.165, 1.54) is 18.2 Å². The molecule has 0 aliphatic rings. The summed E-state index contributed by atoms with van der Waals surface area (Å²) in [5.41, 5.74) is 0. The summed E-state index contributed by atoms with van der Waals surface area (Å²) < 4.78 is 45.9. The second kappa shape index (κ2) is 7.99. The number of alkyl halides is 3. The molecule has 114 valence electrons. The molecule has 3 nitrogen and oxygen atoms in total. The first kappa shape index (κ1) is 16.6. The molecule has 0 radical (unpaired) electrons. The molecule has 0 atom stereocenters. The van der Waals surface area contributed by atoms with Crippen molar-refractivity contribution in [2.75, 3.05) is 13.2 Å². The molecule has 1 aromatic carbocycles. The zero-order valence-corrected chi connectivity index (χ0v) is 11.7. The molecule has 0 saturated heterocycles. The standard InChI is InChI=1S/C14H20F3NO2/c1-3-11(4-2)18-9-10-19-12-7-5-6-8-13(12)20-14(15,16)17/h5-8,11,18H,3-4,9-10H2,1-2H3. The average molecular weight is 291 g/mol. The number of halogens is 3. The quantitative estimate of drug-likeness (QED) is 0.740. The number of para-hydroxylation sites is 2. The molecule has 0 heterocycles. The van der Waals surface area contributed by atoms with Gasteiger partial charge in [0.25, 0.3) is 0 Å². The molecular weight excluding hydrogens is 271 g/mol. The van der Waals surface area contributed by atoms with Gasteiger partial charge in [-0.15, -0.1) is 13.2 Å². The summed E-state index contributed by atoms with van der Waals surface area (Å²) in [5, 5.41) is 3.27. The smallest absolute Gasteiger partial charge is 0.488 e. The third-order valence-corrected chi connectivity index (χ3v) is 2.85. The predicted octanol–water partition coefficient (Wildman–Crippen LogP) is 3.74. The van der Waals surface area contributed by atoms with E-state index in [0.717, 1.165) is 12.8 Å². The molecule has 1 aromatic rings. The Kier molecular flexibility index (Phi) is 6.64. The van der Waals surface area contributed by atoms with E-state index in [1.54, 1.807) is 6.07 Å². The molecular formula is C14H20F3NO2. The Morgan fingerprint density at radius 3 is 2.25 bits per heavy atom. The lowest BCUT2D eigenvalue weighted by Gasteiger charge is -2.16. The van der Waals surface area contributed by atoms with E-state index in [4.69, 9.17) is 4.74 Å². The van der Waals surface area contributed by atoms with Gasteiger partial charge in [0.2, 0.25) is 0 Å². The molecule has 0 amide bonds. The van der Waals surface area contributed by atoms with Gasteiger partial charge in [-0.3, -0.25) is 0 Å². The highest BCUT2D eigenvalue weighted by Crippen LogP contribution is 2.31. The molecule has 0 spiro atoms. The fourth-order valence-electron chi connectivity index (χ4n) is 1.78. The van der Waals surface area contributed by atoms with E-state index in [2.05, 4.69) is 23.9 Å². The van der Waals surface area contributed by atoms with Gasteiger partial charge in [-0.25, -0.2) is 0 Å². The molecule has 1 N–H and O–H groups in total. The van der Waals surface area contributed by atoms with Crippen molar-refractivity contribution in [2.45, 2.75) is 39.1 Å². The van der Waals surface area contributed by atoms with Gasteiger partial charge in [0.15, 0.2) is 11.5 Å². The second-order valence-corrected chi connectivity index (χ2v) is 4.31. The van der Waals surface area contributed by atoms with Crippen LogP contribution in [0.1, 0.15) is 26.7 Å². The number of ether oxygens (including phenoxy) is 2. The van der Waals surface area contributed by atoms with Crippen molar-refractivity contribution < 1.29 is 22.6 Å². The summed E-state index contributed by atoms with van der Waals surface area (Å²) in [5.74, 6) is -0.223. The van der Waals surface area contributed by atoms with Crippen LogP contribution >= 0.6 is 0 Å². The van der Waals surface area contributed by atoms with E-state index < -0.39 is 6.36 Å². The lowest BCUT2D eigenvalue weighted by molar-refractivity contribution is -0.275. The molecule has 0 saturated carbocycles. The largest absolute Gasteiger partial charge is 0.573 e. The Bertz CT molecular complexity index is 392. The van der Waals surface area contributed by atoms with Crippen molar-refractivity contribution in [3.8, 4) is 11.5 Å². The molecule has 0 aromatic heterocycles. The van der Waals surface area contributed by atoms with Crippen molar-refractivity contribution in [3.05, 3.63) is 24.3 Å². The van der Waals surface area contributed by atoms with Gasteiger partial charge >= 0.3 is 6.36 Å². The van der Waals surface area contributed by atoms with Crippen LogP contribution < -0.4 is 14.8 Å².